The van der Waals surface area contributed by atoms with E-state index in [4.69, 9.17) is 0 Å². The molecule has 0 aliphatic heterocycles. The molecule has 0 atom stereocenters. The molecule has 2 nitrogen and oxygen atoms in total. The zero-order chi connectivity index (χ0) is 10.5. The van der Waals surface area contributed by atoms with Crippen molar-refractivity contribution < 1.29 is 9.59 Å². The van der Waals surface area contributed by atoms with Crippen molar-refractivity contribution in [2.45, 2.75) is 26.7 Å². The Balaban J connectivity index is 4.22. The molecule has 0 aromatic carbocycles. The molecule has 0 aliphatic rings. The van der Waals surface area contributed by atoms with Gasteiger partial charge in [-0.3, -0.25) is 9.59 Å². The zero-order valence-electron chi connectivity index (χ0n) is 8.30. The molecule has 2 heteroatoms. The maximum atomic E-state index is 11.0. The normalized spacial score (nSPS) is 10.6. The summed E-state index contributed by atoms with van der Waals surface area (Å²) in [5.74, 6) is -0.0521. The van der Waals surface area contributed by atoms with Crippen molar-refractivity contribution in [2.24, 2.45) is 5.41 Å². The van der Waals surface area contributed by atoms with Crippen LogP contribution in [0.5, 0.6) is 0 Å². The Morgan fingerprint density at radius 1 is 1.08 bits per heavy atom. The average Bonchev–Trinajstić information content (AvgIpc) is 2.02. The summed E-state index contributed by atoms with van der Waals surface area (Å²) in [5.41, 5.74) is -0.295. The third kappa shape index (κ3) is 5.12. The van der Waals surface area contributed by atoms with Gasteiger partial charge in [0.1, 0.15) is 0 Å². The van der Waals surface area contributed by atoms with Crippen molar-refractivity contribution in [3.63, 3.8) is 0 Å². The first-order valence-corrected chi connectivity index (χ1v) is 4.22. The van der Waals surface area contributed by atoms with Crippen LogP contribution in [0.15, 0.2) is 25.3 Å². The van der Waals surface area contributed by atoms with Crippen LogP contribution in [-0.2, 0) is 9.59 Å². The van der Waals surface area contributed by atoms with E-state index < -0.39 is 0 Å². The predicted molar refractivity (Wildman–Crippen MR) is 53.4 cm³/mol. The van der Waals surface area contributed by atoms with Gasteiger partial charge in [0, 0.05) is 12.8 Å². The molecule has 0 amide bonds. The Kier molecular flexibility index (Phi) is 4.32. The SMILES string of the molecule is C=CC(=O)CC(C)(C)CC(=O)C=C. The third-order valence-corrected chi connectivity index (χ3v) is 1.76. The summed E-state index contributed by atoms with van der Waals surface area (Å²) in [6.45, 7) is 10.5. The Morgan fingerprint density at radius 3 is 1.62 bits per heavy atom. The lowest BCUT2D eigenvalue weighted by molar-refractivity contribution is -0.119. The molecule has 0 spiro atoms. The van der Waals surface area contributed by atoms with Gasteiger partial charge in [0.15, 0.2) is 11.6 Å². The van der Waals surface area contributed by atoms with Crippen LogP contribution >= 0.6 is 0 Å². The van der Waals surface area contributed by atoms with E-state index in [9.17, 15) is 9.59 Å². The van der Waals surface area contributed by atoms with Crippen LogP contribution in [0.25, 0.3) is 0 Å². The average molecular weight is 180 g/mol. The molecule has 0 aromatic heterocycles. The maximum Gasteiger partial charge on any atom is 0.155 e. The number of ketones is 2. The molecule has 72 valence electrons. The van der Waals surface area contributed by atoms with Gasteiger partial charge in [0.25, 0.3) is 0 Å². The van der Waals surface area contributed by atoms with Crippen LogP contribution in [0, 0.1) is 5.41 Å². The van der Waals surface area contributed by atoms with Crippen molar-refractivity contribution in [2.75, 3.05) is 0 Å². The number of hydrogen-bond acceptors (Lipinski definition) is 2. The Labute approximate surface area is 79.3 Å². The highest BCUT2D eigenvalue weighted by Gasteiger charge is 2.22. The highest BCUT2D eigenvalue weighted by atomic mass is 16.1. The van der Waals surface area contributed by atoms with Crippen LogP contribution in [0.4, 0.5) is 0 Å². The quantitative estimate of drug-likeness (QED) is 0.588. The van der Waals surface area contributed by atoms with Gasteiger partial charge in [0.2, 0.25) is 0 Å². The molecule has 0 radical (unpaired) electrons. The molecule has 0 bridgehead atoms. The second kappa shape index (κ2) is 4.75. The van der Waals surface area contributed by atoms with Gasteiger partial charge in [-0.05, 0) is 17.6 Å². The molecule has 13 heavy (non-hydrogen) atoms. The number of hydrogen-bond donors (Lipinski definition) is 0. The van der Waals surface area contributed by atoms with E-state index in [2.05, 4.69) is 13.2 Å². The summed E-state index contributed by atoms with van der Waals surface area (Å²) in [5, 5.41) is 0. The molecule has 0 saturated carbocycles. The minimum absolute atomic E-state index is 0.0261. The fourth-order valence-electron chi connectivity index (χ4n) is 1.15. The summed E-state index contributed by atoms with van der Waals surface area (Å²) >= 11 is 0. The summed E-state index contributed by atoms with van der Waals surface area (Å²) in [7, 11) is 0. The first-order chi connectivity index (χ1) is 5.91. The molecule has 0 N–H and O–H groups in total. The van der Waals surface area contributed by atoms with Gasteiger partial charge in [0.05, 0.1) is 0 Å². The number of rotatable bonds is 6. The van der Waals surface area contributed by atoms with Crippen LogP contribution < -0.4 is 0 Å². The molecule has 0 unspecified atom stereocenters. The zero-order valence-corrected chi connectivity index (χ0v) is 8.30. The van der Waals surface area contributed by atoms with Gasteiger partial charge in [-0.2, -0.15) is 0 Å². The van der Waals surface area contributed by atoms with Crippen LogP contribution in [-0.4, -0.2) is 11.6 Å². The summed E-state index contributed by atoms with van der Waals surface area (Å²) in [6.07, 6.45) is 3.30. The van der Waals surface area contributed by atoms with Gasteiger partial charge in [-0.25, -0.2) is 0 Å². The minimum Gasteiger partial charge on any atom is -0.295 e. The molecule has 0 aromatic rings. The fraction of sp³-hybridized carbons (Fsp3) is 0.455. The lowest BCUT2D eigenvalue weighted by atomic mass is 9.82. The Bertz CT molecular complexity index is 212. The van der Waals surface area contributed by atoms with Gasteiger partial charge >= 0.3 is 0 Å². The highest BCUT2D eigenvalue weighted by molar-refractivity contribution is 5.92. The van der Waals surface area contributed by atoms with E-state index >= 15 is 0 Å². The number of carbonyl (C=O) groups is 2. The molecular formula is C11H16O2. The lowest BCUT2D eigenvalue weighted by Gasteiger charge is -2.21. The molecule has 0 aliphatic carbocycles. The molecular weight excluding hydrogens is 164 g/mol. The third-order valence-electron chi connectivity index (χ3n) is 1.76. The molecule has 0 fully saturated rings. The lowest BCUT2D eigenvalue weighted by Crippen LogP contribution is -2.19. The smallest absolute Gasteiger partial charge is 0.155 e. The van der Waals surface area contributed by atoms with E-state index in [0.717, 1.165) is 0 Å². The largest absolute Gasteiger partial charge is 0.295 e. The van der Waals surface area contributed by atoms with Crippen molar-refractivity contribution >= 4 is 11.6 Å². The van der Waals surface area contributed by atoms with Crippen LogP contribution in [0.1, 0.15) is 26.7 Å². The van der Waals surface area contributed by atoms with Crippen molar-refractivity contribution in [3.05, 3.63) is 25.3 Å². The van der Waals surface area contributed by atoms with Crippen LogP contribution in [0.3, 0.4) is 0 Å². The standard InChI is InChI=1S/C11H16O2/c1-5-9(12)7-11(3,4)8-10(13)6-2/h5-6H,1-2,7-8H2,3-4H3. The predicted octanol–water partition coefficient (Wildman–Crippen LogP) is 2.30. The second-order valence-electron chi connectivity index (χ2n) is 3.86. The van der Waals surface area contributed by atoms with Crippen molar-refractivity contribution in [1.29, 1.82) is 0 Å². The second-order valence-corrected chi connectivity index (χ2v) is 3.86. The van der Waals surface area contributed by atoms with E-state index in [0.29, 0.717) is 12.8 Å². The summed E-state index contributed by atoms with van der Waals surface area (Å²) in [6, 6.07) is 0. The summed E-state index contributed by atoms with van der Waals surface area (Å²) < 4.78 is 0. The van der Waals surface area contributed by atoms with Gasteiger partial charge < -0.3 is 0 Å². The van der Waals surface area contributed by atoms with E-state index in [1.165, 1.54) is 12.2 Å². The topological polar surface area (TPSA) is 34.1 Å². The molecule has 0 saturated heterocycles. The number of carbonyl (C=O) groups excluding carboxylic acids is 2. The van der Waals surface area contributed by atoms with E-state index in [-0.39, 0.29) is 17.0 Å². The van der Waals surface area contributed by atoms with Crippen molar-refractivity contribution in [1.82, 2.24) is 0 Å². The minimum atomic E-state index is -0.295. The maximum absolute atomic E-state index is 11.0. The molecule has 0 rings (SSSR count). The Morgan fingerprint density at radius 2 is 1.38 bits per heavy atom. The highest BCUT2D eigenvalue weighted by Crippen LogP contribution is 2.25. The fourth-order valence-corrected chi connectivity index (χ4v) is 1.15. The van der Waals surface area contributed by atoms with Crippen LogP contribution in [0.2, 0.25) is 0 Å². The van der Waals surface area contributed by atoms with Crippen molar-refractivity contribution in [3.8, 4) is 0 Å². The number of allylic oxidation sites excluding steroid dienone is 2. The first kappa shape index (κ1) is 11.8. The monoisotopic (exact) mass is 180 g/mol. The summed E-state index contributed by atoms with van der Waals surface area (Å²) in [4.78, 5) is 22.1. The van der Waals surface area contributed by atoms with E-state index in [1.54, 1.807) is 0 Å². The Hall–Kier alpha value is -1.18. The molecule has 0 heterocycles. The van der Waals surface area contributed by atoms with Gasteiger partial charge in [-0.1, -0.05) is 27.0 Å². The first-order valence-electron chi connectivity index (χ1n) is 4.22. The van der Waals surface area contributed by atoms with E-state index in [1.807, 2.05) is 13.8 Å². The van der Waals surface area contributed by atoms with Gasteiger partial charge in [-0.15, -0.1) is 0 Å².